The summed E-state index contributed by atoms with van der Waals surface area (Å²) in [6, 6.07) is 8.95. The number of H-pyrrole nitrogens is 1. The number of amides is 1. The summed E-state index contributed by atoms with van der Waals surface area (Å²) in [6.45, 7) is 3.97. The number of carbonyl (C=O) groups excluding carboxylic acids is 1. The maximum Gasteiger partial charge on any atom is 0.451 e. The first-order valence-electron chi connectivity index (χ1n) is 7.75. The van der Waals surface area contributed by atoms with Crippen molar-refractivity contribution in [1.82, 2.24) is 20.2 Å². The van der Waals surface area contributed by atoms with Crippen LogP contribution in [0.5, 0.6) is 0 Å². The molecule has 0 saturated carbocycles. The number of aromatic amines is 1. The van der Waals surface area contributed by atoms with E-state index in [1.165, 1.54) is 24.0 Å². The van der Waals surface area contributed by atoms with E-state index < -0.39 is 23.9 Å². The Bertz CT molecular complexity index is 987. The first-order valence-corrected chi connectivity index (χ1v) is 8.57. The van der Waals surface area contributed by atoms with E-state index in [2.05, 4.69) is 20.4 Å². The quantitative estimate of drug-likeness (QED) is 0.693. The zero-order valence-electron chi connectivity index (χ0n) is 14.3. The van der Waals surface area contributed by atoms with Crippen molar-refractivity contribution in [2.24, 2.45) is 0 Å². The standard InChI is InChI=1S/C17H14F3N5OS/c1-9-5-6-11(8-10(9)2)27-14-12(4-3-7-21-14)13(26)22-16-23-15(24-25-16)17(18,19)20/h3-8H,1-2H3,(H2,22,23,24,25,26). The second kappa shape index (κ2) is 7.39. The molecule has 0 atom stereocenters. The van der Waals surface area contributed by atoms with Gasteiger partial charge in [-0.15, -0.1) is 5.10 Å². The molecule has 1 amide bonds. The van der Waals surface area contributed by atoms with Gasteiger partial charge in [0.15, 0.2) is 0 Å². The summed E-state index contributed by atoms with van der Waals surface area (Å²) < 4.78 is 37.7. The minimum absolute atomic E-state index is 0.207. The van der Waals surface area contributed by atoms with E-state index in [4.69, 9.17) is 0 Å². The highest BCUT2D eigenvalue weighted by atomic mass is 32.2. The lowest BCUT2D eigenvalue weighted by atomic mass is 10.1. The average Bonchev–Trinajstić information content (AvgIpc) is 3.07. The highest BCUT2D eigenvalue weighted by molar-refractivity contribution is 7.99. The number of hydrogen-bond acceptors (Lipinski definition) is 5. The van der Waals surface area contributed by atoms with Crippen molar-refractivity contribution >= 4 is 23.6 Å². The van der Waals surface area contributed by atoms with E-state index in [-0.39, 0.29) is 5.56 Å². The summed E-state index contributed by atoms with van der Waals surface area (Å²) in [5.74, 6) is -2.39. The molecular formula is C17H14F3N5OS. The molecule has 2 N–H and O–H groups in total. The van der Waals surface area contributed by atoms with Gasteiger partial charge >= 0.3 is 6.18 Å². The van der Waals surface area contributed by atoms with Gasteiger partial charge in [-0.1, -0.05) is 17.8 Å². The van der Waals surface area contributed by atoms with Crippen molar-refractivity contribution in [3.8, 4) is 0 Å². The Labute approximate surface area is 156 Å². The van der Waals surface area contributed by atoms with Gasteiger partial charge in [0, 0.05) is 11.1 Å². The monoisotopic (exact) mass is 393 g/mol. The molecule has 0 aliphatic carbocycles. The van der Waals surface area contributed by atoms with Crippen LogP contribution in [0.1, 0.15) is 27.3 Å². The Morgan fingerprint density at radius 3 is 2.63 bits per heavy atom. The maximum absolute atomic E-state index is 12.6. The number of aryl methyl sites for hydroxylation is 2. The number of alkyl halides is 3. The molecule has 2 heterocycles. The molecule has 0 unspecified atom stereocenters. The fourth-order valence-corrected chi connectivity index (χ4v) is 3.13. The number of nitrogens with zero attached hydrogens (tertiary/aromatic N) is 3. The Hall–Kier alpha value is -2.88. The second-order valence-electron chi connectivity index (χ2n) is 5.66. The summed E-state index contributed by atoms with van der Waals surface area (Å²) >= 11 is 1.28. The van der Waals surface area contributed by atoms with E-state index in [0.29, 0.717) is 5.03 Å². The van der Waals surface area contributed by atoms with Gasteiger partial charge in [0.2, 0.25) is 11.8 Å². The first kappa shape index (κ1) is 18.9. The molecule has 0 fully saturated rings. The number of carbonyl (C=O) groups is 1. The summed E-state index contributed by atoms with van der Waals surface area (Å²) in [4.78, 5) is 20.8. The average molecular weight is 393 g/mol. The Morgan fingerprint density at radius 1 is 1.19 bits per heavy atom. The van der Waals surface area contributed by atoms with Crippen LogP contribution in [-0.4, -0.2) is 26.1 Å². The van der Waals surface area contributed by atoms with E-state index in [1.54, 1.807) is 11.2 Å². The van der Waals surface area contributed by atoms with E-state index in [9.17, 15) is 18.0 Å². The van der Waals surface area contributed by atoms with Gasteiger partial charge in [-0.2, -0.15) is 18.2 Å². The Balaban J connectivity index is 1.81. The van der Waals surface area contributed by atoms with Gasteiger partial charge in [-0.25, -0.2) is 4.98 Å². The first-order chi connectivity index (χ1) is 12.7. The minimum Gasteiger partial charge on any atom is -0.289 e. The molecule has 0 bridgehead atoms. The van der Waals surface area contributed by atoms with Crippen molar-refractivity contribution < 1.29 is 18.0 Å². The van der Waals surface area contributed by atoms with Crippen LogP contribution in [0.3, 0.4) is 0 Å². The second-order valence-corrected chi connectivity index (χ2v) is 6.73. The van der Waals surface area contributed by atoms with E-state index in [0.717, 1.165) is 16.0 Å². The van der Waals surface area contributed by atoms with Crippen molar-refractivity contribution in [2.75, 3.05) is 5.32 Å². The number of pyridine rings is 1. The lowest BCUT2D eigenvalue weighted by molar-refractivity contribution is -0.144. The molecule has 0 radical (unpaired) electrons. The number of benzene rings is 1. The largest absolute Gasteiger partial charge is 0.451 e. The van der Waals surface area contributed by atoms with Gasteiger partial charge in [0.1, 0.15) is 5.03 Å². The number of aromatic nitrogens is 4. The van der Waals surface area contributed by atoms with Gasteiger partial charge in [-0.05, 0) is 49.2 Å². The zero-order chi connectivity index (χ0) is 19.6. The molecule has 10 heteroatoms. The highest BCUT2D eigenvalue weighted by Crippen LogP contribution is 2.30. The summed E-state index contributed by atoms with van der Waals surface area (Å²) in [5.41, 5.74) is 2.45. The van der Waals surface area contributed by atoms with Gasteiger partial charge < -0.3 is 0 Å². The van der Waals surface area contributed by atoms with Crippen molar-refractivity contribution in [1.29, 1.82) is 0 Å². The molecule has 1 aromatic carbocycles. The minimum atomic E-state index is -4.67. The molecule has 3 rings (SSSR count). The number of rotatable bonds is 4. The Kier molecular flexibility index (Phi) is 5.17. The van der Waals surface area contributed by atoms with Crippen molar-refractivity contribution in [3.05, 3.63) is 59.0 Å². The molecule has 3 aromatic rings. The van der Waals surface area contributed by atoms with E-state index in [1.807, 2.05) is 32.0 Å². The molecule has 2 aromatic heterocycles. The predicted molar refractivity (Wildman–Crippen MR) is 93.6 cm³/mol. The molecule has 27 heavy (non-hydrogen) atoms. The lowest BCUT2D eigenvalue weighted by Crippen LogP contribution is -2.15. The van der Waals surface area contributed by atoms with Crippen LogP contribution in [0.2, 0.25) is 0 Å². The maximum atomic E-state index is 12.6. The van der Waals surface area contributed by atoms with Crippen LogP contribution in [-0.2, 0) is 6.18 Å². The fraction of sp³-hybridized carbons (Fsp3) is 0.176. The topological polar surface area (TPSA) is 83.6 Å². The van der Waals surface area contributed by atoms with Gasteiger partial charge in [0.05, 0.1) is 5.56 Å². The molecule has 0 saturated heterocycles. The molecule has 6 nitrogen and oxygen atoms in total. The predicted octanol–water partition coefficient (Wildman–Crippen LogP) is 4.24. The molecule has 0 aliphatic heterocycles. The van der Waals surface area contributed by atoms with Crippen LogP contribution in [0, 0.1) is 13.8 Å². The van der Waals surface area contributed by atoms with Crippen molar-refractivity contribution in [2.45, 2.75) is 29.9 Å². The number of nitrogens with one attached hydrogen (secondary N) is 2. The number of hydrogen-bond donors (Lipinski definition) is 2. The Morgan fingerprint density at radius 2 is 1.96 bits per heavy atom. The smallest absolute Gasteiger partial charge is 0.289 e. The summed E-state index contributed by atoms with van der Waals surface area (Å²) in [5, 5.41) is 7.79. The summed E-state index contributed by atoms with van der Waals surface area (Å²) in [7, 11) is 0. The normalized spacial score (nSPS) is 11.4. The third-order valence-electron chi connectivity index (χ3n) is 3.69. The van der Waals surface area contributed by atoms with Crippen LogP contribution < -0.4 is 5.32 Å². The molecular weight excluding hydrogens is 379 g/mol. The van der Waals surface area contributed by atoms with Crippen LogP contribution in [0.15, 0.2) is 46.5 Å². The zero-order valence-corrected chi connectivity index (χ0v) is 15.1. The third-order valence-corrected chi connectivity index (χ3v) is 4.70. The van der Waals surface area contributed by atoms with E-state index >= 15 is 0 Å². The van der Waals surface area contributed by atoms with Crippen LogP contribution in [0.4, 0.5) is 19.1 Å². The SMILES string of the molecule is Cc1ccc(Sc2ncccc2C(=O)Nc2n[nH]c(C(F)(F)F)n2)cc1C. The van der Waals surface area contributed by atoms with Gasteiger partial charge in [-0.3, -0.25) is 15.2 Å². The number of anilines is 1. The molecule has 0 spiro atoms. The summed E-state index contributed by atoms with van der Waals surface area (Å²) in [6.07, 6.45) is -3.14. The fourth-order valence-electron chi connectivity index (χ4n) is 2.15. The van der Waals surface area contributed by atoms with Crippen LogP contribution in [0.25, 0.3) is 0 Å². The lowest BCUT2D eigenvalue weighted by Gasteiger charge is -2.08. The van der Waals surface area contributed by atoms with Crippen molar-refractivity contribution in [3.63, 3.8) is 0 Å². The van der Waals surface area contributed by atoms with Crippen LogP contribution >= 0.6 is 11.8 Å². The number of halogens is 3. The highest BCUT2D eigenvalue weighted by Gasteiger charge is 2.35. The molecule has 0 aliphatic rings. The van der Waals surface area contributed by atoms with Gasteiger partial charge in [0.25, 0.3) is 5.91 Å². The molecule has 140 valence electrons. The third kappa shape index (κ3) is 4.45.